The lowest BCUT2D eigenvalue weighted by Gasteiger charge is -2.38. The van der Waals surface area contributed by atoms with Crippen LogP contribution in [0.15, 0.2) is 41.3 Å². The molecule has 30 heavy (non-hydrogen) atoms. The molecule has 2 amide bonds. The molecule has 0 spiro atoms. The largest absolute Gasteiger partial charge is 0.367 e. The quantitative estimate of drug-likeness (QED) is 0.757. The Morgan fingerprint density at radius 2 is 1.67 bits per heavy atom. The number of aromatic nitrogens is 1. The zero-order valence-corrected chi connectivity index (χ0v) is 17.7. The van der Waals surface area contributed by atoms with Crippen molar-refractivity contribution in [1.29, 1.82) is 0 Å². The summed E-state index contributed by atoms with van der Waals surface area (Å²) in [5.74, 6) is -0.928. The number of pyridine rings is 1. The lowest BCUT2D eigenvalue weighted by Crippen LogP contribution is -2.48. The summed E-state index contributed by atoms with van der Waals surface area (Å²) in [4.78, 5) is 40.7. The molecule has 1 unspecified atom stereocenters. The molecular weight excluding hydrogens is 404 g/mol. The summed E-state index contributed by atoms with van der Waals surface area (Å²) < 4.78 is 1.71. The molecule has 0 bridgehead atoms. The van der Waals surface area contributed by atoms with Gasteiger partial charge in [-0.05, 0) is 37.1 Å². The lowest BCUT2D eigenvalue weighted by molar-refractivity contribution is -0.134. The van der Waals surface area contributed by atoms with Gasteiger partial charge in [0.2, 0.25) is 11.8 Å². The van der Waals surface area contributed by atoms with Crippen LogP contribution in [-0.2, 0) is 16.1 Å². The SMILES string of the molecule is CCn1cccc(N2CCN(c3cccc(C4CCC(=O)NC4=O)c3Cl)CC2)c1=O. The first kappa shape index (κ1) is 20.5. The topological polar surface area (TPSA) is 74.7 Å². The van der Waals surface area contributed by atoms with E-state index >= 15 is 0 Å². The number of halogens is 1. The number of imide groups is 1. The van der Waals surface area contributed by atoms with Crippen molar-refractivity contribution in [2.45, 2.75) is 32.2 Å². The number of nitrogens with zero attached hydrogens (tertiary/aromatic N) is 3. The fourth-order valence-electron chi connectivity index (χ4n) is 4.24. The highest BCUT2D eigenvalue weighted by atomic mass is 35.5. The number of piperazine rings is 1. The van der Waals surface area contributed by atoms with E-state index in [9.17, 15) is 14.4 Å². The Morgan fingerprint density at radius 1 is 1.00 bits per heavy atom. The standard InChI is InChI=1S/C22H25ClN4O3/c1-2-25-10-4-7-18(22(25)30)27-13-11-26(12-14-27)17-6-3-5-15(20(17)23)16-8-9-19(28)24-21(16)29/h3-7,10,16H,2,8-9,11-14H2,1H3,(H,24,28,29). The monoisotopic (exact) mass is 428 g/mol. The fourth-order valence-corrected chi connectivity index (χ4v) is 4.62. The van der Waals surface area contributed by atoms with Crippen molar-refractivity contribution in [3.63, 3.8) is 0 Å². The molecule has 158 valence electrons. The average molecular weight is 429 g/mol. The van der Waals surface area contributed by atoms with Crippen molar-refractivity contribution >= 4 is 34.8 Å². The van der Waals surface area contributed by atoms with Gasteiger partial charge in [-0.2, -0.15) is 0 Å². The molecule has 1 atom stereocenters. The summed E-state index contributed by atoms with van der Waals surface area (Å²) in [6, 6.07) is 9.51. The molecular formula is C22H25ClN4O3. The first-order chi connectivity index (χ1) is 14.5. The van der Waals surface area contributed by atoms with Crippen LogP contribution >= 0.6 is 11.6 Å². The lowest BCUT2D eigenvalue weighted by atomic mass is 9.90. The molecule has 0 radical (unpaired) electrons. The number of aryl methyl sites for hydroxylation is 1. The highest BCUT2D eigenvalue weighted by molar-refractivity contribution is 6.34. The average Bonchev–Trinajstić information content (AvgIpc) is 2.75. The summed E-state index contributed by atoms with van der Waals surface area (Å²) in [6.45, 7) is 5.47. The van der Waals surface area contributed by atoms with E-state index in [0.717, 1.165) is 30.0 Å². The number of hydrogen-bond acceptors (Lipinski definition) is 5. The van der Waals surface area contributed by atoms with Crippen molar-refractivity contribution in [3.8, 4) is 0 Å². The molecule has 2 aliphatic rings. The number of hydrogen-bond donors (Lipinski definition) is 1. The van der Waals surface area contributed by atoms with Crippen molar-refractivity contribution in [2.75, 3.05) is 36.0 Å². The summed E-state index contributed by atoms with van der Waals surface area (Å²) in [6.07, 6.45) is 2.60. The normalized spacial score (nSPS) is 19.7. The Morgan fingerprint density at radius 3 is 2.33 bits per heavy atom. The smallest absolute Gasteiger partial charge is 0.274 e. The van der Waals surface area contributed by atoms with Crippen LogP contribution in [0.2, 0.25) is 5.02 Å². The number of benzene rings is 1. The van der Waals surface area contributed by atoms with Gasteiger partial charge < -0.3 is 14.4 Å². The van der Waals surface area contributed by atoms with E-state index in [2.05, 4.69) is 15.1 Å². The number of anilines is 2. The maximum atomic E-state index is 12.6. The first-order valence-electron chi connectivity index (χ1n) is 10.3. The molecule has 0 aliphatic carbocycles. The van der Waals surface area contributed by atoms with E-state index < -0.39 is 5.92 Å². The molecule has 3 heterocycles. The van der Waals surface area contributed by atoms with E-state index in [4.69, 9.17) is 11.6 Å². The van der Waals surface area contributed by atoms with E-state index in [0.29, 0.717) is 37.5 Å². The molecule has 1 aromatic carbocycles. The predicted molar refractivity (Wildman–Crippen MR) is 117 cm³/mol. The molecule has 0 saturated carbocycles. The molecule has 2 fully saturated rings. The van der Waals surface area contributed by atoms with Crippen molar-refractivity contribution in [3.05, 3.63) is 57.5 Å². The maximum absolute atomic E-state index is 12.6. The number of carbonyl (C=O) groups excluding carboxylic acids is 2. The zero-order chi connectivity index (χ0) is 21.3. The summed E-state index contributed by atoms with van der Waals surface area (Å²) in [7, 11) is 0. The van der Waals surface area contributed by atoms with Gasteiger partial charge in [0.25, 0.3) is 5.56 Å². The molecule has 7 nitrogen and oxygen atoms in total. The fraction of sp³-hybridized carbons (Fsp3) is 0.409. The number of amides is 2. The Kier molecular flexibility index (Phi) is 5.81. The van der Waals surface area contributed by atoms with Gasteiger partial charge in [-0.3, -0.25) is 19.7 Å². The Balaban J connectivity index is 1.51. The minimum absolute atomic E-state index is 0.0336. The second-order valence-corrected chi connectivity index (χ2v) is 8.02. The summed E-state index contributed by atoms with van der Waals surface area (Å²) in [5, 5.41) is 2.97. The Bertz CT molecular complexity index is 1030. The second kappa shape index (κ2) is 8.52. The third kappa shape index (κ3) is 3.81. The second-order valence-electron chi connectivity index (χ2n) is 7.64. The Labute approximate surface area is 180 Å². The van der Waals surface area contributed by atoms with Gasteiger partial charge in [0.15, 0.2) is 0 Å². The first-order valence-corrected chi connectivity index (χ1v) is 10.7. The van der Waals surface area contributed by atoms with Crippen LogP contribution in [0.5, 0.6) is 0 Å². The van der Waals surface area contributed by atoms with Crippen molar-refractivity contribution < 1.29 is 9.59 Å². The van der Waals surface area contributed by atoms with Crippen LogP contribution in [0.25, 0.3) is 0 Å². The number of piperidine rings is 1. The van der Waals surface area contributed by atoms with Crippen molar-refractivity contribution in [1.82, 2.24) is 9.88 Å². The highest BCUT2D eigenvalue weighted by Crippen LogP contribution is 2.37. The van der Waals surface area contributed by atoms with E-state index in [1.165, 1.54) is 0 Å². The van der Waals surface area contributed by atoms with Crippen LogP contribution in [0.4, 0.5) is 11.4 Å². The number of rotatable bonds is 4. The third-order valence-corrected chi connectivity index (χ3v) is 6.34. The van der Waals surface area contributed by atoms with E-state index in [1.54, 1.807) is 4.57 Å². The summed E-state index contributed by atoms with van der Waals surface area (Å²) >= 11 is 6.72. The predicted octanol–water partition coefficient (Wildman–Crippen LogP) is 2.37. The van der Waals surface area contributed by atoms with E-state index in [-0.39, 0.29) is 17.4 Å². The molecule has 2 aliphatic heterocycles. The van der Waals surface area contributed by atoms with Gasteiger partial charge in [0.05, 0.1) is 16.6 Å². The minimum Gasteiger partial charge on any atom is -0.367 e. The van der Waals surface area contributed by atoms with Gasteiger partial charge in [0.1, 0.15) is 5.69 Å². The molecule has 8 heteroatoms. The van der Waals surface area contributed by atoms with Crippen LogP contribution in [0.1, 0.15) is 31.2 Å². The van der Waals surface area contributed by atoms with Crippen LogP contribution in [0.3, 0.4) is 0 Å². The van der Waals surface area contributed by atoms with Gasteiger partial charge in [-0.25, -0.2) is 0 Å². The minimum atomic E-state index is -0.409. The molecule has 1 N–H and O–H groups in total. The molecule has 2 saturated heterocycles. The van der Waals surface area contributed by atoms with Gasteiger partial charge >= 0.3 is 0 Å². The van der Waals surface area contributed by atoms with Crippen LogP contribution in [-0.4, -0.2) is 42.6 Å². The van der Waals surface area contributed by atoms with Gasteiger partial charge in [-0.15, -0.1) is 0 Å². The van der Waals surface area contributed by atoms with Crippen LogP contribution in [0, 0.1) is 0 Å². The van der Waals surface area contributed by atoms with E-state index in [1.807, 2.05) is 43.5 Å². The molecule has 1 aromatic heterocycles. The zero-order valence-electron chi connectivity index (χ0n) is 16.9. The number of carbonyl (C=O) groups is 2. The number of nitrogens with one attached hydrogen (secondary N) is 1. The Hall–Kier alpha value is -2.80. The third-order valence-electron chi connectivity index (χ3n) is 5.92. The van der Waals surface area contributed by atoms with Crippen LogP contribution < -0.4 is 20.7 Å². The van der Waals surface area contributed by atoms with Gasteiger partial charge in [-0.1, -0.05) is 23.7 Å². The highest BCUT2D eigenvalue weighted by Gasteiger charge is 2.31. The van der Waals surface area contributed by atoms with Gasteiger partial charge in [0, 0.05) is 45.3 Å². The summed E-state index contributed by atoms with van der Waals surface area (Å²) in [5.41, 5.74) is 2.40. The maximum Gasteiger partial charge on any atom is 0.274 e. The molecule has 4 rings (SSSR count). The van der Waals surface area contributed by atoms with Crippen molar-refractivity contribution in [2.24, 2.45) is 0 Å². The molecule has 2 aromatic rings.